The van der Waals surface area contributed by atoms with E-state index < -0.39 is 12.1 Å². The van der Waals surface area contributed by atoms with Gasteiger partial charge < -0.3 is 10.2 Å². The van der Waals surface area contributed by atoms with Crippen LogP contribution in [-0.2, 0) is 4.79 Å². The highest BCUT2D eigenvalue weighted by Gasteiger charge is 2.13. The third-order valence-electron chi connectivity index (χ3n) is 1.24. The zero-order valence-corrected chi connectivity index (χ0v) is 6.00. The molecule has 3 heteroatoms. The summed E-state index contributed by atoms with van der Waals surface area (Å²) in [6.45, 7) is 5.10. The summed E-state index contributed by atoms with van der Waals surface area (Å²) in [4.78, 5) is 10.2. The Hall–Kier alpha value is -0.830. The van der Waals surface area contributed by atoms with E-state index in [0.717, 1.165) is 6.42 Å². The molecule has 0 aromatic heterocycles. The van der Waals surface area contributed by atoms with Gasteiger partial charge in [0.25, 0.3) is 0 Å². The molecule has 0 amide bonds. The first-order chi connectivity index (χ1) is 4.59. The van der Waals surface area contributed by atoms with E-state index >= 15 is 0 Å². The van der Waals surface area contributed by atoms with E-state index in [-0.39, 0.29) is 5.57 Å². The molecule has 0 aliphatic rings. The van der Waals surface area contributed by atoms with Crippen molar-refractivity contribution >= 4 is 5.97 Å². The number of aliphatic carboxylic acids is 1. The molecule has 2 N–H and O–H groups in total. The van der Waals surface area contributed by atoms with Crippen LogP contribution in [0.4, 0.5) is 0 Å². The van der Waals surface area contributed by atoms with E-state index in [2.05, 4.69) is 6.58 Å². The third kappa shape index (κ3) is 2.64. The summed E-state index contributed by atoms with van der Waals surface area (Å²) in [7, 11) is 0. The highest BCUT2D eigenvalue weighted by Crippen LogP contribution is 2.05. The van der Waals surface area contributed by atoms with Gasteiger partial charge in [-0.25, -0.2) is 4.79 Å². The molecule has 0 aromatic rings. The van der Waals surface area contributed by atoms with Crippen molar-refractivity contribution in [2.45, 2.75) is 25.9 Å². The lowest BCUT2D eigenvalue weighted by Gasteiger charge is -2.06. The molecule has 1 unspecified atom stereocenters. The van der Waals surface area contributed by atoms with Crippen LogP contribution in [-0.4, -0.2) is 22.3 Å². The van der Waals surface area contributed by atoms with Crippen molar-refractivity contribution < 1.29 is 15.0 Å². The van der Waals surface area contributed by atoms with Crippen LogP contribution in [0.2, 0.25) is 0 Å². The lowest BCUT2D eigenvalue weighted by atomic mass is 10.1. The smallest absolute Gasteiger partial charge is 0.333 e. The highest BCUT2D eigenvalue weighted by atomic mass is 16.4. The summed E-state index contributed by atoms with van der Waals surface area (Å²) >= 11 is 0. The first kappa shape index (κ1) is 9.17. The number of aliphatic hydroxyl groups excluding tert-OH is 1. The molecule has 1 atom stereocenters. The molecule has 3 nitrogen and oxygen atoms in total. The molecule has 0 rings (SSSR count). The predicted octanol–water partition coefficient (Wildman–Crippen LogP) is 0.788. The van der Waals surface area contributed by atoms with Gasteiger partial charge in [-0.2, -0.15) is 0 Å². The van der Waals surface area contributed by atoms with E-state index in [1.165, 1.54) is 0 Å². The molecule has 0 aromatic carbocycles. The van der Waals surface area contributed by atoms with Crippen LogP contribution in [0.5, 0.6) is 0 Å². The van der Waals surface area contributed by atoms with Crippen LogP contribution in [0.3, 0.4) is 0 Å². The summed E-state index contributed by atoms with van der Waals surface area (Å²) in [5.41, 5.74) is -0.123. The minimum atomic E-state index is -1.12. The summed E-state index contributed by atoms with van der Waals surface area (Å²) in [6, 6.07) is 0. The Morgan fingerprint density at radius 2 is 2.20 bits per heavy atom. The lowest BCUT2D eigenvalue weighted by Crippen LogP contribution is -2.15. The number of hydrogen-bond acceptors (Lipinski definition) is 2. The fourth-order valence-electron chi connectivity index (χ4n) is 0.590. The number of rotatable bonds is 4. The number of carbonyl (C=O) groups is 1. The zero-order chi connectivity index (χ0) is 8.15. The first-order valence-electron chi connectivity index (χ1n) is 3.19. The number of hydrogen-bond donors (Lipinski definition) is 2. The molecule has 0 aliphatic carbocycles. The molecule has 10 heavy (non-hydrogen) atoms. The topological polar surface area (TPSA) is 57.5 Å². The lowest BCUT2D eigenvalue weighted by molar-refractivity contribution is -0.133. The molecular formula is C7H12O3. The van der Waals surface area contributed by atoms with Crippen LogP contribution in [0.25, 0.3) is 0 Å². The molecule has 0 saturated heterocycles. The molecule has 0 fully saturated rings. The van der Waals surface area contributed by atoms with Gasteiger partial charge >= 0.3 is 5.97 Å². The summed E-state index contributed by atoms with van der Waals surface area (Å²) in [5, 5.41) is 17.3. The van der Waals surface area contributed by atoms with Crippen molar-refractivity contribution in [3.63, 3.8) is 0 Å². The van der Waals surface area contributed by atoms with Crippen molar-refractivity contribution in [1.82, 2.24) is 0 Å². The molecule has 0 spiro atoms. The molecule has 0 radical (unpaired) electrons. The maximum Gasteiger partial charge on any atom is 0.333 e. The van der Waals surface area contributed by atoms with Crippen LogP contribution in [0, 0.1) is 0 Å². The van der Waals surface area contributed by atoms with Gasteiger partial charge in [0.15, 0.2) is 0 Å². The van der Waals surface area contributed by atoms with E-state index in [1.807, 2.05) is 6.92 Å². The molecule has 0 aliphatic heterocycles. The number of aliphatic hydroxyl groups is 1. The van der Waals surface area contributed by atoms with Crippen LogP contribution in [0.1, 0.15) is 19.8 Å². The van der Waals surface area contributed by atoms with Gasteiger partial charge in [-0.15, -0.1) is 0 Å². The third-order valence-corrected chi connectivity index (χ3v) is 1.24. The minimum absolute atomic E-state index is 0.123. The Morgan fingerprint density at radius 1 is 1.70 bits per heavy atom. The van der Waals surface area contributed by atoms with Crippen LogP contribution < -0.4 is 0 Å². The second-order valence-corrected chi connectivity index (χ2v) is 2.13. The maximum absolute atomic E-state index is 10.2. The monoisotopic (exact) mass is 144 g/mol. The van der Waals surface area contributed by atoms with Crippen LogP contribution in [0.15, 0.2) is 12.2 Å². The van der Waals surface area contributed by atoms with E-state index in [9.17, 15) is 4.79 Å². The average Bonchev–Trinajstić information content (AvgIpc) is 1.87. The van der Waals surface area contributed by atoms with Gasteiger partial charge in [-0.1, -0.05) is 19.9 Å². The Bertz CT molecular complexity index is 140. The van der Waals surface area contributed by atoms with Crippen molar-refractivity contribution in [3.8, 4) is 0 Å². The predicted molar refractivity (Wildman–Crippen MR) is 37.7 cm³/mol. The van der Waals surface area contributed by atoms with Gasteiger partial charge in [0.1, 0.15) is 0 Å². The number of carboxylic acid groups (broad SMARTS) is 1. The Labute approximate surface area is 60.0 Å². The largest absolute Gasteiger partial charge is 0.478 e. The quantitative estimate of drug-likeness (QED) is 0.573. The summed E-state index contributed by atoms with van der Waals surface area (Å²) < 4.78 is 0. The van der Waals surface area contributed by atoms with E-state index in [1.54, 1.807) is 0 Å². The second-order valence-electron chi connectivity index (χ2n) is 2.13. The van der Waals surface area contributed by atoms with Crippen LogP contribution >= 0.6 is 0 Å². The van der Waals surface area contributed by atoms with Gasteiger partial charge in [-0.3, -0.25) is 0 Å². The maximum atomic E-state index is 10.2. The molecule has 0 bridgehead atoms. The fraction of sp³-hybridized carbons (Fsp3) is 0.571. The van der Waals surface area contributed by atoms with Gasteiger partial charge in [0.05, 0.1) is 11.7 Å². The molecule has 0 heterocycles. The van der Waals surface area contributed by atoms with Gasteiger partial charge in [0.2, 0.25) is 0 Å². The molecule has 0 saturated carbocycles. The zero-order valence-electron chi connectivity index (χ0n) is 6.00. The summed E-state index contributed by atoms with van der Waals surface area (Å²) in [6.07, 6.45) is 0.334. The Balaban J connectivity index is 3.82. The standard InChI is InChI=1S/C7H12O3/c1-3-4-6(8)5(2)7(9)10/h6,8H,2-4H2,1H3,(H,9,10). The minimum Gasteiger partial charge on any atom is -0.478 e. The van der Waals surface area contributed by atoms with Crippen molar-refractivity contribution in [2.24, 2.45) is 0 Å². The van der Waals surface area contributed by atoms with Gasteiger partial charge in [-0.05, 0) is 6.42 Å². The molecular weight excluding hydrogens is 132 g/mol. The Kier molecular flexibility index (Phi) is 3.72. The Morgan fingerprint density at radius 3 is 2.50 bits per heavy atom. The number of carboxylic acids is 1. The van der Waals surface area contributed by atoms with E-state index in [4.69, 9.17) is 10.2 Å². The summed E-state index contributed by atoms with van der Waals surface area (Å²) in [5.74, 6) is -1.12. The second kappa shape index (κ2) is 4.06. The van der Waals surface area contributed by atoms with Crippen molar-refractivity contribution in [1.29, 1.82) is 0 Å². The van der Waals surface area contributed by atoms with E-state index in [0.29, 0.717) is 6.42 Å². The average molecular weight is 144 g/mol. The fourth-order valence-corrected chi connectivity index (χ4v) is 0.590. The van der Waals surface area contributed by atoms with Gasteiger partial charge in [0, 0.05) is 0 Å². The van der Waals surface area contributed by atoms with Crippen molar-refractivity contribution in [2.75, 3.05) is 0 Å². The normalized spacial score (nSPS) is 12.6. The van der Waals surface area contributed by atoms with Crippen molar-refractivity contribution in [3.05, 3.63) is 12.2 Å². The first-order valence-corrected chi connectivity index (χ1v) is 3.19. The molecule has 58 valence electrons. The highest BCUT2D eigenvalue weighted by molar-refractivity contribution is 5.86. The SMILES string of the molecule is C=C(C(=O)O)C(O)CCC.